The van der Waals surface area contributed by atoms with Gasteiger partial charge in [-0.15, -0.1) is 0 Å². The van der Waals surface area contributed by atoms with Crippen LogP contribution in [0.15, 0.2) is 30.3 Å². The van der Waals surface area contributed by atoms with Crippen LogP contribution in [0.25, 0.3) is 0 Å². The molecule has 0 amide bonds. The summed E-state index contributed by atoms with van der Waals surface area (Å²) in [6.07, 6.45) is 0. The normalized spacial score (nSPS) is 30.2. The molecule has 0 bridgehead atoms. The maximum atomic E-state index is 12.5. The van der Waals surface area contributed by atoms with Gasteiger partial charge >= 0.3 is 7.60 Å². The first kappa shape index (κ1) is 12.8. The molecule has 0 radical (unpaired) electrons. The van der Waals surface area contributed by atoms with Crippen LogP contribution in [0.4, 0.5) is 0 Å². The van der Waals surface area contributed by atoms with Crippen molar-refractivity contribution < 1.29 is 13.6 Å². The summed E-state index contributed by atoms with van der Waals surface area (Å²) in [5.41, 5.74) is 0.113. The fourth-order valence-corrected chi connectivity index (χ4v) is 3.38. The van der Waals surface area contributed by atoms with E-state index < -0.39 is 7.60 Å². The molecular weight excluding hydrogens is 235 g/mol. The smallest absolute Gasteiger partial charge is 0.305 e. The second-order valence-corrected chi connectivity index (χ2v) is 7.52. The molecule has 4 heteroatoms. The summed E-state index contributed by atoms with van der Waals surface area (Å²) in [6, 6.07) is 9.16. The molecule has 17 heavy (non-hydrogen) atoms. The zero-order chi connectivity index (χ0) is 12.5. The first-order chi connectivity index (χ1) is 7.92. The minimum absolute atomic E-state index is 0.113. The second kappa shape index (κ2) is 4.56. The van der Waals surface area contributed by atoms with Gasteiger partial charge in [-0.1, -0.05) is 39.0 Å². The highest BCUT2D eigenvalue weighted by atomic mass is 31.2. The maximum Gasteiger partial charge on any atom is 0.361 e. The van der Waals surface area contributed by atoms with Crippen LogP contribution < -0.4 is 5.30 Å². The van der Waals surface area contributed by atoms with Crippen LogP contribution >= 0.6 is 7.60 Å². The van der Waals surface area contributed by atoms with Gasteiger partial charge in [0, 0.05) is 5.92 Å². The van der Waals surface area contributed by atoms with E-state index in [4.69, 9.17) is 9.05 Å². The Kier molecular flexibility index (Phi) is 3.44. The molecule has 0 aromatic heterocycles. The van der Waals surface area contributed by atoms with Gasteiger partial charge in [0.1, 0.15) is 0 Å². The summed E-state index contributed by atoms with van der Waals surface area (Å²) in [7, 11) is -3.07. The lowest BCUT2D eigenvalue weighted by Crippen LogP contribution is -2.34. The Balaban J connectivity index is 2.11. The molecule has 1 aliphatic rings. The van der Waals surface area contributed by atoms with Gasteiger partial charge in [-0.05, 0) is 17.5 Å². The monoisotopic (exact) mass is 254 g/mol. The van der Waals surface area contributed by atoms with Crippen molar-refractivity contribution in [3.05, 3.63) is 30.3 Å². The van der Waals surface area contributed by atoms with Gasteiger partial charge in [0.2, 0.25) is 0 Å². The first-order valence-corrected chi connectivity index (χ1v) is 7.41. The Morgan fingerprint density at radius 1 is 1.12 bits per heavy atom. The molecule has 3 nitrogen and oxygen atoms in total. The predicted molar refractivity (Wildman–Crippen MR) is 68.5 cm³/mol. The molecule has 2 rings (SSSR count). The standard InChI is InChI=1S/C13H19O3P/c1-13(2,3)11-9-15-17(14,16-10-11)12-7-5-4-6-8-12/h4-8,11H,9-10H2,1-3H3. The van der Waals surface area contributed by atoms with Crippen molar-refractivity contribution in [3.8, 4) is 0 Å². The van der Waals surface area contributed by atoms with E-state index in [1.807, 2.05) is 18.2 Å². The summed E-state index contributed by atoms with van der Waals surface area (Å²) in [5.74, 6) is 0.285. The van der Waals surface area contributed by atoms with Crippen LogP contribution in [0.5, 0.6) is 0 Å². The van der Waals surface area contributed by atoms with Crippen molar-refractivity contribution >= 4 is 12.9 Å². The summed E-state index contributed by atoms with van der Waals surface area (Å²) in [4.78, 5) is 0. The van der Waals surface area contributed by atoms with E-state index in [2.05, 4.69) is 20.8 Å². The van der Waals surface area contributed by atoms with Gasteiger partial charge in [-0.2, -0.15) is 0 Å². The number of hydrogen-bond acceptors (Lipinski definition) is 3. The molecular formula is C13H19O3P. The Morgan fingerprint density at radius 2 is 1.65 bits per heavy atom. The van der Waals surface area contributed by atoms with E-state index in [1.54, 1.807) is 12.1 Å². The average Bonchev–Trinajstić information content (AvgIpc) is 2.29. The van der Waals surface area contributed by atoms with E-state index in [0.717, 1.165) is 0 Å². The summed E-state index contributed by atoms with van der Waals surface area (Å²) < 4.78 is 23.5. The van der Waals surface area contributed by atoms with Crippen molar-refractivity contribution in [1.29, 1.82) is 0 Å². The molecule has 0 aliphatic carbocycles. The fraction of sp³-hybridized carbons (Fsp3) is 0.538. The molecule has 0 N–H and O–H groups in total. The highest BCUT2D eigenvalue weighted by Gasteiger charge is 2.38. The second-order valence-electron chi connectivity index (χ2n) is 5.49. The van der Waals surface area contributed by atoms with Crippen LogP contribution in [-0.4, -0.2) is 13.2 Å². The number of benzene rings is 1. The van der Waals surface area contributed by atoms with E-state index in [9.17, 15) is 4.57 Å². The highest BCUT2D eigenvalue weighted by molar-refractivity contribution is 7.62. The highest BCUT2D eigenvalue weighted by Crippen LogP contribution is 2.52. The lowest BCUT2D eigenvalue weighted by atomic mass is 9.82. The Hall–Kier alpha value is -0.630. The molecule has 1 aliphatic heterocycles. The van der Waals surface area contributed by atoms with Crippen molar-refractivity contribution in [2.75, 3.05) is 13.2 Å². The van der Waals surface area contributed by atoms with Crippen LogP contribution in [0, 0.1) is 11.3 Å². The van der Waals surface area contributed by atoms with Crippen LogP contribution in [0.1, 0.15) is 20.8 Å². The summed E-state index contributed by atoms with van der Waals surface area (Å²) in [5, 5.41) is 0.646. The molecule has 0 atom stereocenters. The van der Waals surface area contributed by atoms with Gasteiger partial charge in [-0.3, -0.25) is 4.57 Å². The Bertz CT molecular complexity index is 410. The van der Waals surface area contributed by atoms with Crippen LogP contribution in [0.3, 0.4) is 0 Å². The average molecular weight is 254 g/mol. The fourth-order valence-electron chi connectivity index (χ4n) is 1.72. The van der Waals surface area contributed by atoms with Crippen molar-refractivity contribution in [2.45, 2.75) is 20.8 Å². The minimum Gasteiger partial charge on any atom is -0.305 e. The summed E-state index contributed by atoms with van der Waals surface area (Å²) >= 11 is 0. The lowest BCUT2D eigenvalue weighted by Gasteiger charge is -2.36. The lowest BCUT2D eigenvalue weighted by molar-refractivity contribution is 0.0398. The number of rotatable bonds is 1. The maximum absolute atomic E-state index is 12.5. The van der Waals surface area contributed by atoms with Gasteiger partial charge in [0.05, 0.1) is 18.5 Å². The Labute approximate surface area is 103 Å². The molecule has 1 aromatic rings. The van der Waals surface area contributed by atoms with Gasteiger partial charge in [0.25, 0.3) is 0 Å². The number of hydrogen-bond donors (Lipinski definition) is 0. The zero-order valence-corrected chi connectivity index (χ0v) is 11.4. The SMILES string of the molecule is CC(C)(C)C1COP(=O)(c2ccccc2)OC1. The quantitative estimate of drug-likeness (QED) is 0.722. The molecule has 0 spiro atoms. The van der Waals surface area contributed by atoms with Gasteiger partial charge in [0.15, 0.2) is 0 Å². The van der Waals surface area contributed by atoms with E-state index in [0.29, 0.717) is 18.5 Å². The van der Waals surface area contributed by atoms with Crippen molar-refractivity contribution in [2.24, 2.45) is 11.3 Å². The minimum atomic E-state index is -3.07. The third-order valence-electron chi connectivity index (χ3n) is 3.19. The molecule has 1 heterocycles. The third-order valence-corrected chi connectivity index (χ3v) is 5.10. The van der Waals surface area contributed by atoms with E-state index in [-0.39, 0.29) is 11.3 Å². The van der Waals surface area contributed by atoms with Gasteiger partial charge < -0.3 is 9.05 Å². The van der Waals surface area contributed by atoms with Crippen LogP contribution in [0.2, 0.25) is 0 Å². The molecule has 1 saturated heterocycles. The van der Waals surface area contributed by atoms with Crippen molar-refractivity contribution in [1.82, 2.24) is 0 Å². The third kappa shape index (κ3) is 2.79. The first-order valence-electron chi connectivity index (χ1n) is 5.86. The summed E-state index contributed by atoms with van der Waals surface area (Å²) in [6.45, 7) is 7.42. The Morgan fingerprint density at radius 3 is 2.12 bits per heavy atom. The van der Waals surface area contributed by atoms with Crippen molar-refractivity contribution in [3.63, 3.8) is 0 Å². The molecule has 1 aromatic carbocycles. The van der Waals surface area contributed by atoms with E-state index >= 15 is 0 Å². The predicted octanol–water partition coefficient (Wildman–Crippen LogP) is 3.21. The topological polar surface area (TPSA) is 35.5 Å². The molecule has 0 saturated carbocycles. The van der Waals surface area contributed by atoms with E-state index in [1.165, 1.54) is 0 Å². The molecule has 1 fully saturated rings. The zero-order valence-electron chi connectivity index (χ0n) is 10.6. The van der Waals surface area contributed by atoms with Crippen LogP contribution in [-0.2, 0) is 13.6 Å². The van der Waals surface area contributed by atoms with Gasteiger partial charge in [-0.25, -0.2) is 0 Å². The largest absolute Gasteiger partial charge is 0.361 e. The molecule has 94 valence electrons. The molecule has 0 unspecified atom stereocenters.